The van der Waals surface area contributed by atoms with Crippen molar-refractivity contribution < 1.29 is 0 Å². The summed E-state index contributed by atoms with van der Waals surface area (Å²) >= 11 is 0. The van der Waals surface area contributed by atoms with Crippen molar-refractivity contribution in [2.75, 3.05) is 27.2 Å². The predicted molar refractivity (Wildman–Crippen MR) is 129 cm³/mol. The molecule has 0 aromatic carbocycles. The van der Waals surface area contributed by atoms with Gasteiger partial charge in [0, 0.05) is 43.2 Å². The van der Waals surface area contributed by atoms with Crippen LogP contribution in [0.2, 0.25) is 0 Å². The van der Waals surface area contributed by atoms with Crippen LogP contribution in [0.15, 0.2) is 42.9 Å². The van der Waals surface area contributed by atoms with Crippen molar-refractivity contribution in [3.05, 3.63) is 54.4 Å². The molecule has 0 N–H and O–H groups in total. The average Bonchev–Trinajstić information content (AvgIpc) is 3.56. The number of rotatable bonds is 9. The Morgan fingerprint density at radius 2 is 1.81 bits per heavy atom. The lowest BCUT2D eigenvalue weighted by molar-refractivity contribution is 0.0796. The van der Waals surface area contributed by atoms with Crippen molar-refractivity contribution >= 4 is 11.1 Å². The van der Waals surface area contributed by atoms with Gasteiger partial charge in [0.15, 0.2) is 5.82 Å². The van der Waals surface area contributed by atoms with E-state index in [0.29, 0.717) is 5.92 Å². The van der Waals surface area contributed by atoms with Gasteiger partial charge in [0.1, 0.15) is 0 Å². The van der Waals surface area contributed by atoms with E-state index >= 15 is 0 Å². The van der Waals surface area contributed by atoms with Crippen molar-refractivity contribution in [3.63, 3.8) is 0 Å². The number of aromatic nitrogens is 2. The maximum Gasteiger partial charge on any atom is 0.163 e. The fraction of sp³-hybridized carbons (Fsp3) is 0.593. The van der Waals surface area contributed by atoms with E-state index in [1.165, 1.54) is 63.7 Å². The molecule has 0 unspecified atom stereocenters. The largest absolute Gasteiger partial charge is 0.380 e. The molecular weight excluding hydrogens is 380 g/mol. The number of nitrogens with zero attached hydrogens (tertiary/aromatic N) is 4. The molecule has 1 saturated heterocycles. The molecule has 0 amide bonds. The van der Waals surface area contributed by atoms with E-state index in [1.807, 2.05) is 18.3 Å². The van der Waals surface area contributed by atoms with Gasteiger partial charge in [-0.25, -0.2) is 9.97 Å². The standard InChI is InChI=1S/C27H38N4/c1-5-22(18-20-10-12-23(13-11-20)31-16-7-17-31)27-28-15-14-25(29-27)24(6-2)26(30(3)4)19-21-8-9-21/h6,14-15,20-21,23H,1-2,7-13,16-19H2,3-4H3/b26-24+. The molecule has 4 nitrogen and oxygen atoms in total. The minimum atomic E-state index is 0.690. The van der Waals surface area contributed by atoms with Crippen LogP contribution in [0, 0.1) is 11.8 Å². The summed E-state index contributed by atoms with van der Waals surface area (Å²) in [5, 5.41) is 0. The zero-order valence-electron chi connectivity index (χ0n) is 19.4. The summed E-state index contributed by atoms with van der Waals surface area (Å²) in [5.74, 6) is 2.28. The third-order valence-corrected chi connectivity index (χ3v) is 7.36. The van der Waals surface area contributed by atoms with Crippen molar-refractivity contribution in [2.24, 2.45) is 11.8 Å². The second kappa shape index (κ2) is 9.97. The maximum absolute atomic E-state index is 4.96. The molecule has 166 valence electrons. The predicted octanol–water partition coefficient (Wildman–Crippen LogP) is 5.56. The summed E-state index contributed by atoms with van der Waals surface area (Å²) in [4.78, 5) is 14.5. The summed E-state index contributed by atoms with van der Waals surface area (Å²) in [7, 11) is 4.24. The van der Waals surface area contributed by atoms with Crippen LogP contribution < -0.4 is 0 Å². The molecule has 3 fully saturated rings. The first-order chi connectivity index (χ1) is 15.1. The van der Waals surface area contributed by atoms with Crippen molar-refractivity contribution in [1.29, 1.82) is 0 Å². The van der Waals surface area contributed by atoms with Gasteiger partial charge in [0.05, 0.1) is 5.69 Å². The summed E-state index contributed by atoms with van der Waals surface area (Å²) in [6.07, 6.45) is 15.2. The van der Waals surface area contributed by atoms with Crippen LogP contribution in [0.3, 0.4) is 0 Å². The molecule has 0 spiro atoms. The number of likely N-dealkylation sites (tertiary alicyclic amines) is 1. The molecule has 2 heterocycles. The van der Waals surface area contributed by atoms with Crippen molar-refractivity contribution in [2.45, 2.75) is 63.8 Å². The van der Waals surface area contributed by atoms with Gasteiger partial charge in [-0.2, -0.15) is 0 Å². The molecule has 1 aromatic rings. The van der Waals surface area contributed by atoms with Gasteiger partial charge >= 0.3 is 0 Å². The molecule has 4 heteroatoms. The molecule has 0 radical (unpaired) electrons. The second-order valence-electron chi connectivity index (χ2n) is 9.80. The molecule has 2 aliphatic carbocycles. The smallest absolute Gasteiger partial charge is 0.163 e. The number of hydrogen-bond donors (Lipinski definition) is 0. The van der Waals surface area contributed by atoms with Crippen LogP contribution in [0.5, 0.6) is 0 Å². The number of allylic oxidation sites excluding steroid dienone is 4. The highest BCUT2D eigenvalue weighted by atomic mass is 15.2. The Balaban J connectivity index is 1.48. The van der Waals surface area contributed by atoms with Gasteiger partial charge in [0.2, 0.25) is 0 Å². The van der Waals surface area contributed by atoms with Gasteiger partial charge in [0.25, 0.3) is 0 Å². The lowest BCUT2D eigenvalue weighted by Gasteiger charge is -2.42. The summed E-state index contributed by atoms with van der Waals surface area (Å²) in [6, 6.07) is 2.83. The van der Waals surface area contributed by atoms with Gasteiger partial charge in [-0.1, -0.05) is 19.2 Å². The molecule has 1 aliphatic heterocycles. The minimum absolute atomic E-state index is 0.690. The SMILES string of the molecule is C=C=C(CC1CCC(N2CCC2)CC1)c1nccc(/C(C=C)=C(\CC2CC2)N(C)C)n1. The van der Waals surface area contributed by atoms with E-state index in [1.54, 1.807) is 0 Å². The first-order valence-corrected chi connectivity index (χ1v) is 12.1. The van der Waals surface area contributed by atoms with Crippen LogP contribution >= 0.6 is 0 Å². The van der Waals surface area contributed by atoms with Gasteiger partial charge in [-0.15, -0.1) is 5.73 Å². The fourth-order valence-corrected chi connectivity index (χ4v) is 5.10. The topological polar surface area (TPSA) is 32.3 Å². The summed E-state index contributed by atoms with van der Waals surface area (Å²) < 4.78 is 0. The average molecular weight is 419 g/mol. The summed E-state index contributed by atoms with van der Waals surface area (Å²) in [6.45, 7) is 10.7. The second-order valence-corrected chi connectivity index (χ2v) is 9.80. The molecule has 4 rings (SSSR count). The van der Waals surface area contributed by atoms with Crippen LogP contribution in [0.25, 0.3) is 11.1 Å². The molecule has 1 aromatic heterocycles. The van der Waals surface area contributed by atoms with Gasteiger partial charge in [-0.05, 0) is 88.8 Å². The maximum atomic E-state index is 4.96. The zero-order valence-corrected chi connectivity index (χ0v) is 19.4. The van der Waals surface area contributed by atoms with Crippen LogP contribution in [-0.2, 0) is 0 Å². The van der Waals surface area contributed by atoms with Crippen LogP contribution in [0.4, 0.5) is 0 Å². The van der Waals surface area contributed by atoms with Crippen LogP contribution in [-0.4, -0.2) is 53.0 Å². The monoisotopic (exact) mass is 418 g/mol. The van der Waals surface area contributed by atoms with E-state index in [9.17, 15) is 0 Å². The molecule has 2 saturated carbocycles. The van der Waals surface area contributed by atoms with E-state index in [2.05, 4.69) is 47.8 Å². The first kappa shape index (κ1) is 22.0. The fourth-order valence-electron chi connectivity index (χ4n) is 5.10. The summed E-state index contributed by atoms with van der Waals surface area (Å²) in [5.41, 5.74) is 7.64. The molecule has 3 aliphatic rings. The Morgan fingerprint density at radius 3 is 2.35 bits per heavy atom. The lowest BCUT2D eigenvalue weighted by Crippen LogP contribution is -2.46. The molecule has 0 atom stereocenters. The third-order valence-electron chi connectivity index (χ3n) is 7.36. The Bertz CT molecular complexity index is 861. The zero-order chi connectivity index (χ0) is 21.8. The van der Waals surface area contributed by atoms with Crippen molar-refractivity contribution in [1.82, 2.24) is 19.8 Å². The van der Waals surface area contributed by atoms with Gasteiger partial charge in [-0.3, -0.25) is 0 Å². The highest BCUT2D eigenvalue weighted by Gasteiger charge is 2.29. The highest BCUT2D eigenvalue weighted by molar-refractivity contribution is 5.74. The quantitative estimate of drug-likeness (QED) is 0.388. The van der Waals surface area contributed by atoms with E-state index in [0.717, 1.165) is 47.5 Å². The Kier molecular flexibility index (Phi) is 7.09. The molecule has 31 heavy (non-hydrogen) atoms. The van der Waals surface area contributed by atoms with E-state index in [-0.39, 0.29) is 0 Å². The minimum Gasteiger partial charge on any atom is -0.380 e. The highest BCUT2D eigenvalue weighted by Crippen LogP contribution is 2.38. The molecular formula is C27H38N4. The molecule has 0 bridgehead atoms. The van der Waals surface area contributed by atoms with Crippen molar-refractivity contribution in [3.8, 4) is 0 Å². The first-order valence-electron chi connectivity index (χ1n) is 12.1. The van der Waals surface area contributed by atoms with Gasteiger partial charge < -0.3 is 9.80 Å². The normalized spacial score (nSPS) is 24.6. The Hall–Kier alpha value is -2.16. The Labute approximate surface area is 188 Å². The third kappa shape index (κ3) is 5.37. The van der Waals surface area contributed by atoms with E-state index in [4.69, 9.17) is 4.98 Å². The van der Waals surface area contributed by atoms with E-state index < -0.39 is 0 Å². The Morgan fingerprint density at radius 1 is 1.13 bits per heavy atom. The van der Waals surface area contributed by atoms with Crippen LogP contribution in [0.1, 0.15) is 69.3 Å². The number of hydrogen-bond acceptors (Lipinski definition) is 4. The lowest BCUT2D eigenvalue weighted by atomic mass is 9.81.